The van der Waals surface area contributed by atoms with Crippen molar-refractivity contribution in [3.05, 3.63) is 62.8 Å². The van der Waals surface area contributed by atoms with Gasteiger partial charge in [0.1, 0.15) is 18.2 Å². The van der Waals surface area contributed by atoms with E-state index in [0.29, 0.717) is 20.6 Å². The second-order valence-electron chi connectivity index (χ2n) is 3.86. The third kappa shape index (κ3) is 3.50. The van der Waals surface area contributed by atoms with Crippen LogP contribution in [0.15, 0.2) is 40.9 Å². The van der Waals surface area contributed by atoms with Crippen LogP contribution in [0.2, 0.25) is 5.02 Å². The Morgan fingerprint density at radius 2 is 1.79 bits per heavy atom. The molecule has 100 valence electrons. The van der Waals surface area contributed by atoms with E-state index in [1.54, 1.807) is 18.2 Å². The molecule has 0 saturated carbocycles. The first kappa shape index (κ1) is 14.8. The number of rotatable bonds is 4. The highest BCUT2D eigenvalue weighted by molar-refractivity contribution is 9.10. The zero-order valence-electron chi connectivity index (χ0n) is 9.80. The van der Waals surface area contributed by atoms with Crippen LogP contribution in [-0.2, 0) is 11.9 Å². The molecule has 0 unspecified atom stereocenters. The molecule has 0 atom stereocenters. The van der Waals surface area contributed by atoms with Gasteiger partial charge in [-0.05, 0) is 28.1 Å². The lowest BCUT2D eigenvalue weighted by Gasteiger charge is -2.12. The molecule has 0 fully saturated rings. The fraction of sp³-hybridized carbons (Fsp3) is 0.143. The summed E-state index contributed by atoms with van der Waals surface area (Å²) in [4.78, 5) is 0. The van der Waals surface area contributed by atoms with Gasteiger partial charge in [-0.2, -0.15) is 0 Å². The molecule has 2 rings (SSSR count). The number of ether oxygens (including phenoxy) is 1. The highest BCUT2D eigenvalue weighted by Gasteiger charge is 2.10. The summed E-state index contributed by atoms with van der Waals surface area (Å²) in [6, 6.07) is 10.4. The second kappa shape index (κ2) is 6.73. The van der Waals surface area contributed by atoms with Gasteiger partial charge in [0.25, 0.3) is 0 Å². The van der Waals surface area contributed by atoms with E-state index in [-0.39, 0.29) is 12.4 Å². The van der Waals surface area contributed by atoms with Gasteiger partial charge in [-0.25, -0.2) is 4.39 Å². The Morgan fingerprint density at radius 1 is 1.11 bits per heavy atom. The summed E-state index contributed by atoms with van der Waals surface area (Å²) in [7, 11) is 0. The van der Waals surface area contributed by atoms with E-state index in [4.69, 9.17) is 16.3 Å². The predicted molar refractivity (Wildman–Crippen MR) is 82.5 cm³/mol. The first-order valence-electron chi connectivity index (χ1n) is 5.52. The van der Waals surface area contributed by atoms with Crippen molar-refractivity contribution in [1.29, 1.82) is 0 Å². The first-order chi connectivity index (χ1) is 9.13. The van der Waals surface area contributed by atoms with Crippen molar-refractivity contribution in [2.75, 3.05) is 0 Å². The van der Waals surface area contributed by atoms with Crippen molar-refractivity contribution in [3.63, 3.8) is 0 Å². The molecule has 1 nitrogen and oxygen atoms in total. The Morgan fingerprint density at radius 3 is 2.53 bits per heavy atom. The van der Waals surface area contributed by atoms with E-state index >= 15 is 0 Å². The zero-order chi connectivity index (χ0) is 13.8. The molecule has 0 aromatic heterocycles. The fourth-order valence-electron chi connectivity index (χ4n) is 1.63. The van der Waals surface area contributed by atoms with Crippen molar-refractivity contribution in [3.8, 4) is 5.75 Å². The maximum atomic E-state index is 13.4. The van der Waals surface area contributed by atoms with Gasteiger partial charge in [0.05, 0.1) is 9.50 Å². The summed E-state index contributed by atoms with van der Waals surface area (Å²) in [6.07, 6.45) is 0. The van der Waals surface area contributed by atoms with E-state index in [1.807, 2.05) is 12.1 Å². The number of benzene rings is 2. The van der Waals surface area contributed by atoms with Crippen LogP contribution in [0.4, 0.5) is 4.39 Å². The van der Waals surface area contributed by atoms with Gasteiger partial charge in [-0.1, -0.05) is 51.8 Å². The number of hydrogen-bond donors (Lipinski definition) is 0. The molecule has 2 aromatic carbocycles. The molecule has 0 aliphatic carbocycles. The van der Waals surface area contributed by atoms with E-state index in [0.717, 1.165) is 11.1 Å². The SMILES string of the molecule is Fc1cccc(COc2c(Cl)cccc2CBr)c1Br. The maximum absolute atomic E-state index is 13.4. The van der Waals surface area contributed by atoms with E-state index in [9.17, 15) is 4.39 Å². The fourth-order valence-corrected chi connectivity index (χ4v) is 2.70. The van der Waals surface area contributed by atoms with Gasteiger partial charge in [0.2, 0.25) is 0 Å². The zero-order valence-corrected chi connectivity index (χ0v) is 13.7. The topological polar surface area (TPSA) is 9.23 Å². The van der Waals surface area contributed by atoms with Crippen molar-refractivity contribution < 1.29 is 9.13 Å². The highest BCUT2D eigenvalue weighted by atomic mass is 79.9. The summed E-state index contributed by atoms with van der Waals surface area (Å²) in [5.41, 5.74) is 1.69. The minimum absolute atomic E-state index is 0.252. The summed E-state index contributed by atoms with van der Waals surface area (Å²) in [5, 5.41) is 1.19. The van der Waals surface area contributed by atoms with Crippen LogP contribution in [0.1, 0.15) is 11.1 Å². The molecule has 0 saturated heterocycles. The maximum Gasteiger partial charge on any atom is 0.142 e. The van der Waals surface area contributed by atoms with Crippen LogP contribution in [0.5, 0.6) is 5.75 Å². The third-order valence-electron chi connectivity index (χ3n) is 2.60. The largest absolute Gasteiger partial charge is 0.487 e. The van der Waals surface area contributed by atoms with Crippen LogP contribution in [0.3, 0.4) is 0 Å². The lowest BCUT2D eigenvalue weighted by atomic mass is 10.2. The molecule has 5 heteroatoms. The summed E-state index contributed by atoms with van der Waals surface area (Å²) < 4.78 is 19.5. The quantitative estimate of drug-likeness (QED) is 0.589. The number of halogens is 4. The second-order valence-corrected chi connectivity index (χ2v) is 5.62. The predicted octanol–water partition coefficient (Wildman–Crippen LogP) is 5.72. The Labute approximate surface area is 133 Å². The Hall–Kier alpha value is -0.580. The number of para-hydroxylation sites is 1. The Balaban J connectivity index is 2.21. The Kier molecular flexibility index (Phi) is 5.25. The lowest BCUT2D eigenvalue weighted by molar-refractivity contribution is 0.302. The summed E-state index contributed by atoms with van der Waals surface area (Å²) in [5.74, 6) is 0.318. The first-order valence-corrected chi connectivity index (χ1v) is 7.81. The van der Waals surface area contributed by atoms with Gasteiger partial charge >= 0.3 is 0 Å². The number of alkyl halides is 1. The standard InChI is InChI=1S/C14H10Br2ClFO/c15-7-9-3-1-5-11(17)14(9)19-8-10-4-2-6-12(18)13(10)16/h1-6H,7-8H2. The van der Waals surface area contributed by atoms with Gasteiger partial charge < -0.3 is 4.74 Å². The lowest BCUT2D eigenvalue weighted by Crippen LogP contribution is -2.00. The third-order valence-corrected chi connectivity index (χ3v) is 4.39. The van der Waals surface area contributed by atoms with Crippen LogP contribution in [0.25, 0.3) is 0 Å². The van der Waals surface area contributed by atoms with E-state index in [1.165, 1.54) is 6.07 Å². The van der Waals surface area contributed by atoms with E-state index in [2.05, 4.69) is 31.9 Å². The van der Waals surface area contributed by atoms with Gasteiger partial charge in [0, 0.05) is 16.5 Å². The van der Waals surface area contributed by atoms with Crippen LogP contribution < -0.4 is 4.74 Å². The van der Waals surface area contributed by atoms with Gasteiger partial charge in [-0.15, -0.1) is 0 Å². The minimum atomic E-state index is -0.305. The average Bonchev–Trinajstić information content (AvgIpc) is 2.41. The molecule has 0 aliphatic heterocycles. The molecule has 0 spiro atoms. The van der Waals surface area contributed by atoms with Crippen molar-refractivity contribution in [2.24, 2.45) is 0 Å². The molecule has 19 heavy (non-hydrogen) atoms. The van der Waals surface area contributed by atoms with Crippen LogP contribution >= 0.6 is 43.5 Å². The van der Waals surface area contributed by atoms with Crippen LogP contribution in [0, 0.1) is 5.82 Å². The summed E-state index contributed by atoms with van der Waals surface area (Å²) >= 11 is 12.7. The van der Waals surface area contributed by atoms with Crippen molar-refractivity contribution in [1.82, 2.24) is 0 Å². The molecule has 0 N–H and O–H groups in total. The van der Waals surface area contributed by atoms with Crippen molar-refractivity contribution >= 4 is 43.5 Å². The van der Waals surface area contributed by atoms with E-state index < -0.39 is 0 Å². The normalized spacial score (nSPS) is 10.5. The highest BCUT2D eigenvalue weighted by Crippen LogP contribution is 2.31. The molecular formula is C14H10Br2ClFO. The molecular weight excluding hydrogens is 398 g/mol. The molecule has 0 aliphatic rings. The number of hydrogen-bond acceptors (Lipinski definition) is 1. The molecule has 2 aromatic rings. The smallest absolute Gasteiger partial charge is 0.142 e. The molecule has 0 heterocycles. The minimum Gasteiger partial charge on any atom is -0.487 e. The Bertz CT molecular complexity index is 590. The summed E-state index contributed by atoms with van der Waals surface area (Å²) in [6.45, 7) is 0.252. The monoisotopic (exact) mass is 406 g/mol. The van der Waals surface area contributed by atoms with Crippen LogP contribution in [-0.4, -0.2) is 0 Å². The molecule has 0 bridgehead atoms. The average molecular weight is 408 g/mol. The van der Waals surface area contributed by atoms with Gasteiger partial charge in [-0.3, -0.25) is 0 Å². The molecule has 0 radical (unpaired) electrons. The molecule has 0 amide bonds. The van der Waals surface area contributed by atoms with Crippen molar-refractivity contribution in [2.45, 2.75) is 11.9 Å². The van der Waals surface area contributed by atoms with Gasteiger partial charge in [0.15, 0.2) is 0 Å².